The lowest BCUT2D eigenvalue weighted by Gasteiger charge is -2.37. The molecule has 234 valence electrons. The molecule has 3 heterocycles. The predicted octanol–water partition coefficient (Wildman–Crippen LogP) is 8.39. The van der Waals surface area contributed by atoms with Gasteiger partial charge in [-0.05, 0) is 105 Å². The molecule has 3 aliphatic rings. The van der Waals surface area contributed by atoms with E-state index in [1.165, 1.54) is 39.2 Å². The summed E-state index contributed by atoms with van der Waals surface area (Å²) in [6.45, 7) is 17.7. The molecule has 6 nitrogen and oxygen atoms in total. The first kappa shape index (κ1) is 30.6. The fourth-order valence-corrected chi connectivity index (χ4v) is 7.11. The molecule has 0 saturated carbocycles. The molecule has 0 radical (unpaired) electrons. The van der Waals surface area contributed by atoms with Crippen LogP contribution in [-0.4, -0.2) is 64.4 Å². The van der Waals surface area contributed by atoms with Gasteiger partial charge in [-0.3, -0.25) is 9.89 Å². The maximum Gasteiger partial charge on any atom is 0.124 e. The van der Waals surface area contributed by atoms with Crippen LogP contribution in [0.2, 0.25) is 0 Å². The van der Waals surface area contributed by atoms with Gasteiger partial charge in [-0.15, -0.1) is 0 Å². The number of imidazole rings is 1. The number of ether oxygens (including phenoxy) is 1. The third kappa shape index (κ3) is 6.63. The van der Waals surface area contributed by atoms with E-state index in [4.69, 9.17) is 9.73 Å². The van der Waals surface area contributed by atoms with Gasteiger partial charge in [-0.2, -0.15) is 0 Å². The molecule has 1 saturated heterocycles. The summed E-state index contributed by atoms with van der Waals surface area (Å²) in [5, 5.41) is 0. The summed E-state index contributed by atoms with van der Waals surface area (Å²) in [6, 6.07) is 13.0. The van der Waals surface area contributed by atoms with Crippen LogP contribution < -0.4 is 4.74 Å². The summed E-state index contributed by atoms with van der Waals surface area (Å²) in [5.41, 5.74) is 12.2. The summed E-state index contributed by atoms with van der Waals surface area (Å²) >= 11 is 0. The highest BCUT2D eigenvalue weighted by Gasteiger charge is 2.32. The molecule has 1 fully saturated rings. The SMILES string of the molecule is CC/C(C)=C(/C1=C(N=C(C)CN2CCC(F)C2)CCC(C)(C)C1)N1CCOc2ccc(-c3ccc4nc(C)[nH]c4c3)cc2C1. The second kappa shape index (κ2) is 12.5. The number of hydrogen-bond donors (Lipinski definition) is 1. The zero-order valence-corrected chi connectivity index (χ0v) is 27.4. The first-order valence-electron chi connectivity index (χ1n) is 16.4. The largest absolute Gasteiger partial charge is 0.491 e. The minimum Gasteiger partial charge on any atom is -0.491 e. The Morgan fingerprint density at radius 1 is 1.14 bits per heavy atom. The van der Waals surface area contributed by atoms with E-state index in [1.807, 2.05) is 6.92 Å². The van der Waals surface area contributed by atoms with Crippen LogP contribution in [0.15, 0.2) is 63.9 Å². The summed E-state index contributed by atoms with van der Waals surface area (Å²) in [7, 11) is 0. The highest BCUT2D eigenvalue weighted by Crippen LogP contribution is 2.44. The van der Waals surface area contributed by atoms with Crippen molar-refractivity contribution in [2.24, 2.45) is 10.4 Å². The van der Waals surface area contributed by atoms with Crippen molar-refractivity contribution < 1.29 is 9.13 Å². The molecule has 0 spiro atoms. The molecule has 6 rings (SSSR count). The average Bonchev–Trinajstić information content (AvgIpc) is 3.50. The van der Waals surface area contributed by atoms with Gasteiger partial charge in [0, 0.05) is 48.8 Å². The molecule has 1 atom stereocenters. The van der Waals surface area contributed by atoms with Gasteiger partial charge < -0.3 is 14.6 Å². The van der Waals surface area contributed by atoms with Crippen LogP contribution in [0.3, 0.4) is 0 Å². The fraction of sp³-hybridized carbons (Fsp3) is 0.514. The van der Waals surface area contributed by atoms with Crippen molar-refractivity contribution >= 4 is 16.7 Å². The zero-order chi connectivity index (χ0) is 31.0. The number of aromatic amines is 1. The number of hydrogen-bond acceptors (Lipinski definition) is 5. The van der Waals surface area contributed by atoms with Gasteiger partial charge in [0.1, 0.15) is 24.4 Å². The summed E-state index contributed by atoms with van der Waals surface area (Å²) in [5.74, 6) is 1.89. The Hall–Kier alpha value is -3.45. The normalized spacial score (nSPS) is 21.8. The van der Waals surface area contributed by atoms with Crippen molar-refractivity contribution in [3.63, 3.8) is 0 Å². The molecule has 2 aromatic carbocycles. The van der Waals surface area contributed by atoms with E-state index in [-0.39, 0.29) is 5.41 Å². The Morgan fingerprint density at radius 2 is 1.93 bits per heavy atom. The van der Waals surface area contributed by atoms with Crippen LogP contribution in [0.4, 0.5) is 4.39 Å². The molecule has 0 bridgehead atoms. The fourth-order valence-electron chi connectivity index (χ4n) is 7.11. The monoisotopic (exact) mass is 597 g/mol. The molecule has 1 unspecified atom stereocenters. The van der Waals surface area contributed by atoms with Crippen molar-refractivity contribution in [1.29, 1.82) is 0 Å². The van der Waals surface area contributed by atoms with Crippen molar-refractivity contribution in [3.8, 4) is 16.9 Å². The van der Waals surface area contributed by atoms with Gasteiger partial charge in [-0.25, -0.2) is 9.37 Å². The van der Waals surface area contributed by atoms with Gasteiger partial charge >= 0.3 is 0 Å². The predicted molar refractivity (Wildman–Crippen MR) is 179 cm³/mol. The standard InChI is InChI=1S/C37H48FN5O/c1-7-24(2)36(31-20-37(5,6)14-12-32(31)39-25(3)21-42-15-13-30(38)23-42)43-16-17-44-35-11-9-27(18-29(35)22-43)28-8-10-33-34(19-28)41-26(4)40-33/h8-11,18-19,30H,7,12-17,20-23H2,1-6H3,(H,40,41)/b36-24-,39-25?. The number of allylic oxidation sites excluding steroid dienone is 3. The molecule has 1 aromatic heterocycles. The number of aromatic nitrogens is 2. The highest BCUT2D eigenvalue weighted by atomic mass is 19.1. The topological polar surface area (TPSA) is 56.8 Å². The Morgan fingerprint density at radius 3 is 2.70 bits per heavy atom. The zero-order valence-electron chi connectivity index (χ0n) is 27.4. The Kier molecular flexibility index (Phi) is 8.69. The Labute approximate surface area is 262 Å². The quantitative estimate of drug-likeness (QED) is 0.278. The van der Waals surface area contributed by atoms with Crippen molar-refractivity contribution in [2.45, 2.75) is 86.4 Å². The minimum absolute atomic E-state index is 0.203. The molecule has 1 aliphatic carbocycles. The van der Waals surface area contributed by atoms with Crippen LogP contribution in [0, 0.1) is 12.3 Å². The third-order valence-corrected chi connectivity index (χ3v) is 9.55. The Balaban J connectivity index is 1.35. The lowest BCUT2D eigenvalue weighted by molar-refractivity contribution is 0.254. The minimum atomic E-state index is -0.707. The lowest BCUT2D eigenvalue weighted by Crippen LogP contribution is -2.31. The lowest BCUT2D eigenvalue weighted by atomic mass is 9.74. The molecule has 7 heteroatoms. The van der Waals surface area contributed by atoms with Crippen LogP contribution >= 0.6 is 0 Å². The highest BCUT2D eigenvalue weighted by molar-refractivity contribution is 5.85. The number of aryl methyl sites for hydroxylation is 1. The number of rotatable bonds is 7. The number of likely N-dealkylation sites (tertiary alicyclic amines) is 1. The second-order valence-corrected chi connectivity index (χ2v) is 13.9. The second-order valence-electron chi connectivity index (χ2n) is 13.9. The van der Waals surface area contributed by atoms with Gasteiger partial charge in [0.15, 0.2) is 0 Å². The first-order valence-corrected chi connectivity index (χ1v) is 16.4. The van der Waals surface area contributed by atoms with Gasteiger partial charge in [0.2, 0.25) is 0 Å². The van der Waals surface area contributed by atoms with Crippen LogP contribution in [-0.2, 0) is 6.54 Å². The van der Waals surface area contributed by atoms with E-state index >= 15 is 0 Å². The van der Waals surface area contributed by atoms with Gasteiger partial charge in [0.25, 0.3) is 0 Å². The molecular formula is C37H48FN5O. The van der Waals surface area contributed by atoms with Crippen LogP contribution in [0.1, 0.15) is 78.1 Å². The maximum absolute atomic E-state index is 13.9. The number of H-pyrrole nitrogens is 1. The number of nitrogens with zero attached hydrogens (tertiary/aromatic N) is 4. The van der Waals surface area contributed by atoms with Crippen molar-refractivity contribution in [1.82, 2.24) is 19.8 Å². The summed E-state index contributed by atoms with van der Waals surface area (Å²) < 4.78 is 20.2. The number of benzene rings is 2. The van der Waals surface area contributed by atoms with E-state index in [0.29, 0.717) is 19.6 Å². The maximum atomic E-state index is 13.9. The van der Waals surface area contributed by atoms with Crippen molar-refractivity contribution in [3.05, 3.63) is 70.3 Å². The molecule has 44 heavy (non-hydrogen) atoms. The number of nitrogens with one attached hydrogen (secondary N) is 1. The van der Waals surface area contributed by atoms with Gasteiger partial charge in [0.05, 0.1) is 17.6 Å². The third-order valence-electron chi connectivity index (χ3n) is 9.55. The van der Waals surface area contributed by atoms with E-state index in [9.17, 15) is 4.39 Å². The Bertz CT molecular complexity index is 1630. The average molecular weight is 598 g/mol. The summed E-state index contributed by atoms with van der Waals surface area (Å²) in [4.78, 5) is 18.0. The molecule has 1 N–H and O–H groups in total. The van der Waals surface area contributed by atoms with E-state index < -0.39 is 6.17 Å². The van der Waals surface area contributed by atoms with Crippen LogP contribution in [0.25, 0.3) is 22.2 Å². The number of alkyl halides is 1. The van der Waals surface area contributed by atoms with Crippen molar-refractivity contribution in [2.75, 3.05) is 32.8 Å². The first-order chi connectivity index (χ1) is 21.1. The van der Waals surface area contributed by atoms with E-state index in [2.05, 4.69) is 90.8 Å². The molecule has 0 amide bonds. The number of halogens is 1. The summed E-state index contributed by atoms with van der Waals surface area (Å²) in [6.07, 6.45) is 3.99. The molecular weight excluding hydrogens is 549 g/mol. The van der Waals surface area contributed by atoms with Crippen LogP contribution in [0.5, 0.6) is 5.75 Å². The number of fused-ring (bicyclic) bond motifs is 2. The molecule has 2 aliphatic heterocycles. The van der Waals surface area contributed by atoms with Gasteiger partial charge in [-0.1, -0.05) is 32.9 Å². The smallest absolute Gasteiger partial charge is 0.124 e. The van der Waals surface area contributed by atoms with E-state index in [1.54, 1.807) is 0 Å². The van der Waals surface area contributed by atoms with E-state index in [0.717, 1.165) is 80.2 Å². The number of aliphatic imine (C=N–C) groups is 1. The molecule has 3 aromatic rings.